The molecule has 0 amide bonds. The van der Waals surface area contributed by atoms with Crippen LogP contribution < -0.4 is 0 Å². The normalized spacial score (nSPS) is 10.5. The van der Waals surface area contributed by atoms with Crippen LogP contribution in [0.15, 0.2) is 30.3 Å². The quantitative estimate of drug-likeness (QED) is 0.708. The van der Waals surface area contributed by atoms with Crippen molar-refractivity contribution in [1.82, 2.24) is 9.78 Å². The van der Waals surface area contributed by atoms with Gasteiger partial charge in [-0.25, -0.2) is 4.39 Å². The number of aryl methyl sites for hydroxylation is 1. The maximum atomic E-state index is 12.7. The summed E-state index contributed by atoms with van der Waals surface area (Å²) >= 11 is 5.74. The standard InChI is InChI=1S/C10H8ClFN2/c1-14-9(6-10(11)13-14)7-2-4-8(12)5-3-7/h2-6H,1H3. The van der Waals surface area contributed by atoms with E-state index in [4.69, 9.17) is 11.6 Å². The second-order valence-electron chi connectivity index (χ2n) is 2.98. The van der Waals surface area contributed by atoms with Crippen molar-refractivity contribution in [3.8, 4) is 11.3 Å². The topological polar surface area (TPSA) is 17.8 Å². The summed E-state index contributed by atoms with van der Waals surface area (Å²) in [5, 5.41) is 4.44. The third kappa shape index (κ3) is 1.63. The molecule has 2 nitrogen and oxygen atoms in total. The Labute approximate surface area is 85.9 Å². The largest absolute Gasteiger partial charge is 0.266 e. The van der Waals surface area contributed by atoms with Gasteiger partial charge in [0.05, 0.1) is 5.69 Å². The summed E-state index contributed by atoms with van der Waals surface area (Å²) in [7, 11) is 1.80. The van der Waals surface area contributed by atoms with E-state index in [1.807, 2.05) is 0 Å². The molecule has 2 rings (SSSR count). The number of benzene rings is 1. The van der Waals surface area contributed by atoms with Crippen LogP contribution in [0.25, 0.3) is 11.3 Å². The molecule has 2 aromatic rings. The highest BCUT2D eigenvalue weighted by Crippen LogP contribution is 2.21. The zero-order chi connectivity index (χ0) is 10.1. The minimum Gasteiger partial charge on any atom is -0.266 e. The summed E-state index contributed by atoms with van der Waals surface area (Å²) in [4.78, 5) is 0. The van der Waals surface area contributed by atoms with Crippen LogP contribution in [0.4, 0.5) is 4.39 Å². The lowest BCUT2D eigenvalue weighted by atomic mass is 10.1. The van der Waals surface area contributed by atoms with Crippen molar-refractivity contribution >= 4 is 11.6 Å². The monoisotopic (exact) mass is 210 g/mol. The first kappa shape index (κ1) is 9.21. The van der Waals surface area contributed by atoms with Gasteiger partial charge in [-0.3, -0.25) is 4.68 Å². The molecule has 0 aliphatic carbocycles. The zero-order valence-corrected chi connectivity index (χ0v) is 8.29. The van der Waals surface area contributed by atoms with E-state index in [9.17, 15) is 4.39 Å². The van der Waals surface area contributed by atoms with Crippen LogP contribution in [0, 0.1) is 5.82 Å². The Morgan fingerprint density at radius 1 is 1.29 bits per heavy atom. The van der Waals surface area contributed by atoms with E-state index in [1.165, 1.54) is 12.1 Å². The average Bonchev–Trinajstić information content (AvgIpc) is 2.47. The molecule has 1 heterocycles. The average molecular weight is 211 g/mol. The first-order valence-corrected chi connectivity index (χ1v) is 4.50. The Balaban J connectivity index is 2.49. The number of aromatic nitrogens is 2. The van der Waals surface area contributed by atoms with E-state index in [0.29, 0.717) is 5.15 Å². The predicted molar refractivity (Wildman–Crippen MR) is 53.6 cm³/mol. The van der Waals surface area contributed by atoms with E-state index in [-0.39, 0.29) is 5.82 Å². The van der Waals surface area contributed by atoms with Gasteiger partial charge in [0.25, 0.3) is 0 Å². The van der Waals surface area contributed by atoms with Crippen molar-refractivity contribution in [1.29, 1.82) is 0 Å². The van der Waals surface area contributed by atoms with Gasteiger partial charge >= 0.3 is 0 Å². The first-order chi connectivity index (χ1) is 6.66. The van der Waals surface area contributed by atoms with E-state index in [2.05, 4.69) is 5.10 Å². The fourth-order valence-corrected chi connectivity index (χ4v) is 1.54. The summed E-state index contributed by atoms with van der Waals surface area (Å²) in [5.74, 6) is -0.248. The molecule has 14 heavy (non-hydrogen) atoms. The molecule has 0 saturated carbocycles. The molecule has 0 atom stereocenters. The minimum atomic E-state index is -0.248. The van der Waals surface area contributed by atoms with Crippen LogP contribution in [-0.4, -0.2) is 9.78 Å². The lowest BCUT2D eigenvalue weighted by Crippen LogP contribution is -1.93. The van der Waals surface area contributed by atoms with Gasteiger partial charge in [0, 0.05) is 18.7 Å². The van der Waals surface area contributed by atoms with Crippen molar-refractivity contribution < 1.29 is 4.39 Å². The molecular formula is C10H8ClFN2. The summed E-state index contributed by atoms with van der Waals surface area (Å²) in [6.07, 6.45) is 0. The van der Waals surface area contributed by atoms with Crippen molar-refractivity contribution in [2.24, 2.45) is 7.05 Å². The minimum absolute atomic E-state index is 0.248. The molecule has 0 saturated heterocycles. The highest BCUT2D eigenvalue weighted by atomic mass is 35.5. The lowest BCUT2D eigenvalue weighted by Gasteiger charge is -2.00. The molecule has 0 fully saturated rings. The van der Waals surface area contributed by atoms with E-state index in [0.717, 1.165) is 11.3 Å². The summed E-state index contributed by atoms with van der Waals surface area (Å²) in [6, 6.07) is 7.96. The Kier molecular flexibility index (Phi) is 2.25. The van der Waals surface area contributed by atoms with Gasteiger partial charge in [-0.05, 0) is 24.3 Å². The molecule has 72 valence electrons. The number of rotatable bonds is 1. The molecule has 0 aliphatic heterocycles. The van der Waals surface area contributed by atoms with Crippen molar-refractivity contribution in [3.63, 3.8) is 0 Å². The predicted octanol–water partition coefficient (Wildman–Crippen LogP) is 2.88. The molecule has 0 bridgehead atoms. The van der Waals surface area contributed by atoms with Crippen LogP contribution in [-0.2, 0) is 7.05 Å². The molecule has 1 aromatic carbocycles. The first-order valence-electron chi connectivity index (χ1n) is 4.12. The number of nitrogens with zero attached hydrogens (tertiary/aromatic N) is 2. The lowest BCUT2D eigenvalue weighted by molar-refractivity contribution is 0.628. The van der Waals surface area contributed by atoms with Crippen LogP contribution >= 0.6 is 11.6 Å². The highest BCUT2D eigenvalue weighted by molar-refractivity contribution is 6.29. The maximum absolute atomic E-state index is 12.7. The van der Waals surface area contributed by atoms with E-state index < -0.39 is 0 Å². The fourth-order valence-electron chi connectivity index (χ4n) is 1.32. The van der Waals surface area contributed by atoms with E-state index >= 15 is 0 Å². The maximum Gasteiger partial charge on any atom is 0.151 e. The molecule has 0 aliphatic rings. The van der Waals surface area contributed by atoms with Gasteiger partial charge in [-0.2, -0.15) is 5.10 Å². The third-order valence-corrected chi connectivity index (χ3v) is 2.17. The second-order valence-corrected chi connectivity index (χ2v) is 3.37. The van der Waals surface area contributed by atoms with Gasteiger partial charge in [0.15, 0.2) is 5.15 Å². The van der Waals surface area contributed by atoms with Crippen molar-refractivity contribution in [3.05, 3.63) is 41.3 Å². The Bertz CT molecular complexity index is 448. The zero-order valence-electron chi connectivity index (χ0n) is 7.54. The number of halogens is 2. The fraction of sp³-hybridized carbons (Fsp3) is 0.100. The van der Waals surface area contributed by atoms with Gasteiger partial charge in [-0.15, -0.1) is 0 Å². The smallest absolute Gasteiger partial charge is 0.151 e. The molecular weight excluding hydrogens is 203 g/mol. The van der Waals surface area contributed by atoms with Crippen LogP contribution in [0.2, 0.25) is 5.15 Å². The van der Waals surface area contributed by atoms with Gasteiger partial charge in [-0.1, -0.05) is 11.6 Å². The SMILES string of the molecule is Cn1nc(Cl)cc1-c1ccc(F)cc1. The Hall–Kier alpha value is -1.35. The van der Waals surface area contributed by atoms with Crippen molar-refractivity contribution in [2.45, 2.75) is 0 Å². The van der Waals surface area contributed by atoms with Crippen molar-refractivity contribution in [2.75, 3.05) is 0 Å². The van der Waals surface area contributed by atoms with Gasteiger partial charge < -0.3 is 0 Å². The van der Waals surface area contributed by atoms with Gasteiger partial charge in [0.2, 0.25) is 0 Å². The van der Waals surface area contributed by atoms with Crippen LogP contribution in [0.3, 0.4) is 0 Å². The molecule has 1 aromatic heterocycles. The van der Waals surface area contributed by atoms with Crippen LogP contribution in [0.1, 0.15) is 0 Å². The molecule has 0 N–H and O–H groups in total. The van der Waals surface area contributed by atoms with Gasteiger partial charge in [0.1, 0.15) is 5.82 Å². The van der Waals surface area contributed by atoms with E-state index in [1.54, 1.807) is 29.9 Å². The Morgan fingerprint density at radius 3 is 2.43 bits per heavy atom. The molecule has 0 radical (unpaired) electrons. The highest BCUT2D eigenvalue weighted by Gasteiger charge is 2.05. The van der Waals surface area contributed by atoms with Crippen LogP contribution in [0.5, 0.6) is 0 Å². The molecule has 4 heteroatoms. The summed E-state index contributed by atoms with van der Waals surface area (Å²) in [5.41, 5.74) is 1.77. The Morgan fingerprint density at radius 2 is 1.93 bits per heavy atom. The third-order valence-electron chi connectivity index (χ3n) is 1.99. The number of hydrogen-bond acceptors (Lipinski definition) is 1. The molecule has 0 unspecified atom stereocenters. The summed E-state index contributed by atoms with van der Waals surface area (Å²) < 4.78 is 14.3. The second kappa shape index (κ2) is 3.42. The molecule has 0 spiro atoms. The number of hydrogen-bond donors (Lipinski definition) is 0. The summed E-state index contributed by atoms with van der Waals surface area (Å²) in [6.45, 7) is 0.